The molecule has 0 aliphatic carbocycles. The standard InChI is InChI=1S/C17H26ClN3O2/c1-3-23-16-5-4-14(12-15(16)18)20-17(22)19-8-11-21-9-6-13(2)7-10-21/h4-5,12-13H,3,6-11H2,1-2H3,(H2,19,20,22). The number of likely N-dealkylation sites (tertiary alicyclic amines) is 1. The van der Waals surface area contributed by atoms with Crippen molar-refractivity contribution in [3.8, 4) is 5.75 Å². The van der Waals surface area contributed by atoms with E-state index in [1.165, 1.54) is 12.8 Å². The molecular formula is C17H26ClN3O2. The molecule has 1 heterocycles. The molecule has 1 saturated heterocycles. The summed E-state index contributed by atoms with van der Waals surface area (Å²) >= 11 is 6.11. The van der Waals surface area contributed by atoms with Crippen molar-refractivity contribution in [3.63, 3.8) is 0 Å². The smallest absolute Gasteiger partial charge is 0.319 e. The van der Waals surface area contributed by atoms with Crippen molar-refractivity contribution >= 4 is 23.3 Å². The third-order valence-electron chi connectivity index (χ3n) is 4.08. The molecule has 0 atom stereocenters. The maximum atomic E-state index is 11.9. The highest BCUT2D eigenvalue weighted by Gasteiger charge is 2.15. The van der Waals surface area contributed by atoms with Gasteiger partial charge >= 0.3 is 6.03 Å². The number of hydrogen-bond acceptors (Lipinski definition) is 3. The molecule has 1 aromatic rings. The normalized spacial score (nSPS) is 16.1. The minimum atomic E-state index is -0.212. The quantitative estimate of drug-likeness (QED) is 0.832. The summed E-state index contributed by atoms with van der Waals surface area (Å²) in [6.07, 6.45) is 2.49. The van der Waals surface area contributed by atoms with E-state index in [2.05, 4.69) is 22.5 Å². The Balaban J connectivity index is 1.71. The van der Waals surface area contributed by atoms with Crippen LogP contribution in [0.15, 0.2) is 18.2 Å². The van der Waals surface area contributed by atoms with E-state index in [0.29, 0.717) is 29.6 Å². The van der Waals surface area contributed by atoms with Gasteiger partial charge in [0.05, 0.1) is 11.6 Å². The van der Waals surface area contributed by atoms with E-state index in [1.54, 1.807) is 18.2 Å². The van der Waals surface area contributed by atoms with Gasteiger partial charge in [-0.25, -0.2) is 4.79 Å². The molecule has 2 rings (SSSR count). The van der Waals surface area contributed by atoms with Gasteiger partial charge in [0.25, 0.3) is 0 Å². The number of urea groups is 1. The lowest BCUT2D eigenvalue weighted by Crippen LogP contribution is -2.40. The molecule has 23 heavy (non-hydrogen) atoms. The Labute approximate surface area is 143 Å². The van der Waals surface area contributed by atoms with Crippen molar-refractivity contribution in [1.29, 1.82) is 0 Å². The Hall–Kier alpha value is -1.46. The summed E-state index contributed by atoms with van der Waals surface area (Å²) in [6, 6.07) is 5.02. The SMILES string of the molecule is CCOc1ccc(NC(=O)NCCN2CCC(C)CC2)cc1Cl. The zero-order valence-corrected chi connectivity index (χ0v) is 14.7. The van der Waals surface area contributed by atoms with E-state index >= 15 is 0 Å². The van der Waals surface area contributed by atoms with E-state index in [0.717, 1.165) is 25.6 Å². The molecule has 0 aromatic heterocycles. The molecule has 1 aliphatic rings. The maximum Gasteiger partial charge on any atom is 0.319 e. The Bertz CT molecular complexity index is 517. The lowest BCUT2D eigenvalue weighted by molar-refractivity contribution is 0.192. The first-order valence-electron chi connectivity index (χ1n) is 8.28. The Kier molecular flexibility index (Phi) is 6.99. The van der Waals surface area contributed by atoms with Crippen molar-refractivity contribution in [2.24, 2.45) is 5.92 Å². The Morgan fingerprint density at radius 2 is 2.13 bits per heavy atom. The second-order valence-electron chi connectivity index (χ2n) is 5.98. The van der Waals surface area contributed by atoms with Crippen LogP contribution in [0.2, 0.25) is 5.02 Å². The van der Waals surface area contributed by atoms with Gasteiger partial charge in [0.15, 0.2) is 0 Å². The number of piperidine rings is 1. The maximum absolute atomic E-state index is 11.9. The van der Waals surface area contributed by atoms with Crippen LogP contribution in [0.5, 0.6) is 5.75 Å². The van der Waals surface area contributed by atoms with Crippen molar-refractivity contribution in [1.82, 2.24) is 10.2 Å². The number of nitrogens with one attached hydrogen (secondary N) is 2. The second-order valence-corrected chi connectivity index (χ2v) is 6.39. The van der Waals surface area contributed by atoms with Crippen LogP contribution in [-0.2, 0) is 0 Å². The van der Waals surface area contributed by atoms with Crippen LogP contribution >= 0.6 is 11.6 Å². The number of carbonyl (C=O) groups is 1. The van der Waals surface area contributed by atoms with Crippen LogP contribution in [0, 0.1) is 5.92 Å². The number of benzene rings is 1. The third kappa shape index (κ3) is 5.92. The summed E-state index contributed by atoms with van der Waals surface area (Å²) in [5.74, 6) is 1.45. The van der Waals surface area contributed by atoms with Gasteiger partial charge in [-0.15, -0.1) is 0 Å². The molecule has 2 amide bonds. The second kappa shape index (κ2) is 8.99. The molecule has 128 valence electrons. The van der Waals surface area contributed by atoms with E-state index in [-0.39, 0.29) is 6.03 Å². The summed E-state index contributed by atoms with van der Waals surface area (Å²) in [7, 11) is 0. The van der Waals surface area contributed by atoms with Gasteiger partial charge in [0, 0.05) is 18.8 Å². The number of nitrogens with zero attached hydrogens (tertiary/aromatic N) is 1. The van der Waals surface area contributed by atoms with Gasteiger partial charge in [0.1, 0.15) is 5.75 Å². The number of anilines is 1. The summed E-state index contributed by atoms with van der Waals surface area (Å²) in [5.41, 5.74) is 0.655. The fourth-order valence-electron chi connectivity index (χ4n) is 2.64. The fraction of sp³-hybridized carbons (Fsp3) is 0.588. The average molecular weight is 340 g/mol. The van der Waals surface area contributed by atoms with Gasteiger partial charge in [-0.1, -0.05) is 18.5 Å². The molecule has 0 spiro atoms. The highest BCUT2D eigenvalue weighted by atomic mass is 35.5. The van der Waals surface area contributed by atoms with Crippen molar-refractivity contribution in [2.75, 3.05) is 38.1 Å². The predicted octanol–water partition coefficient (Wildman–Crippen LogP) is 3.59. The van der Waals surface area contributed by atoms with Crippen LogP contribution < -0.4 is 15.4 Å². The lowest BCUT2D eigenvalue weighted by Gasteiger charge is -2.30. The Morgan fingerprint density at radius 1 is 1.39 bits per heavy atom. The van der Waals surface area contributed by atoms with Crippen LogP contribution in [0.3, 0.4) is 0 Å². The summed E-state index contributed by atoms with van der Waals surface area (Å²) in [4.78, 5) is 14.3. The van der Waals surface area contributed by atoms with Gasteiger partial charge in [-0.05, 0) is 57.0 Å². The molecule has 0 radical (unpaired) electrons. The van der Waals surface area contributed by atoms with Gasteiger partial charge in [-0.3, -0.25) is 0 Å². The topological polar surface area (TPSA) is 53.6 Å². The molecule has 0 unspecified atom stereocenters. The first-order chi connectivity index (χ1) is 11.1. The molecule has 0 saturated carbocycles. The number of amides is 2. The zero-order chi connectivity index (χ0) is 16.7. The minimum absolute atomic E-state index is 0.212. The molecule has 1 aliphatic heterocycles. The first kappa shape index (κ1) is 17.9. The number of rotatable bonds is 6. The van der Waals surface area contributed by atoms with Crippen LogP contribution in [0.25, 0.3) is 0 Å². The molecule has 1 fully saturated rings. The lowest BCUT2D eigenvalue weighted by atomic mass is 9.99. The highest BCUT2D eigenvalue weighted by molar-refractivity contribution is 6.32. The van der Waals surface area contributed by atoms with Crippen LogP contribution in [0.4, 0.5) is 10.5 Å². The van der Waals surface area contributed by atoms with Crippen LogP contribution in [-0.4, -0.2) is 43.7 Å². The zero-order valence-electron chi connectivity index (χ0n) is 13.9. The Morgan fingerprint density at radius 3 is 2.78 bits per heavy atom. The third-order valence-corrected chi connectivity index (χ3v) is 4.37. The van der Waals surface area contributed by atoms with Crippen molar-refractivity contribution in [3.05, 3.63) is 23.2 Å². The summed E-state index contributed by atoms with van der Waals surface area (Å²) in [6.45, 7) is 8.54. The molecule has 5 nitrogen and oxygen atoms in total. The van der Waals surface area contributed by atoms with E-state index < -0.39 is 0 Å². The van der Waals surface area contributed by atoms with E-state index in [4.69, 9.17) is 16.3 Å². The molecule has 6 heteroatoms. The van der Waals surface area contributed by atoms with Gasteiger partial charge < -0.3 is 20.3 Å². The number of carbonyl (C=O) groups excluding carboxylic acids is 1. The van der Waals surface area contributed by atoms with E-state index in [9.17, 15) is 4.79 Å². The average Bonchev–Trinajstić information content (AvgIpc) is 2.52. The highest BCUT2D eigenvalue weighted by Crippen LogP contribution is 2.27. The molecule has 2 N–H and O–H groups in total. The largest absolute Gasteiger partial charge is 0.492 e. The summed E-state index contributed by atoms with van der Waals surface area (Å²) in [5, 5.41) is 6.16. The van der Waals surface area contributed by atoms with Crippen molar-refractivity contribution < 1.29 is 9.53 Å². The first-order valence-corrected chi connectivity index (χ1v) is 8.66. The number of hydrogen-bond donors (Lipinski definition) is 2. The van der Waals surface area contributed by atoms with Crippen LogP contribution in [0.1, 0.15) is 26.7 Å². The minimum Gasteiger partial charge on any atom is -0.492 e. The monoisotopic (exact) mass is 339 g/mol. The number of ether oxygens (including phenoxy) is 1. The molecule has 1 aromatic carbocycles. The molecular weight excluding hydrogens is 314 g/mol. The number of halogens is 1. The van der Waals surface area contributed by atoms with Crippen molar-refractivity contribution in [2.45, 2.75) is 26.7 Å². The van der Waals surface area contributed by atoms with Gasteiger partial charge in [-0.2, -0.15) is 0 Å². The fourth-order valence-corrected chi connectivity index (χ4v) is 2.87. The molecule has 0 bridgehead atoms. The van der Waals surface area contributed by atoms with Gasteiger partial charge in [0.2, 0.25) is 0 Å². The van der Waals surface area contributed by atoms with E-state index in [1.807, 2.05) is 6.92 Å². The predicted molar refractivity (Wildman–Crippen MR) is 94.5 cm³/mol. The summed E-state index contributed by atoms with van der Waals surface area (Å²) < 4.78 is 5.37.